The average Bonchev–Trinajstić information content (AvgIpc) is 3.88. The van der Waals surface area contributed by atoms with E-state index in [4.69, 9.17) is 0 Å². The number of thiophene rings is 2. The maximum Gasteiger partial charge on any atom is 0.0361 e. The van der Waals surface area contributed by atoms with Gasteiger partial charge in [-0.05, 0) is 112 Å². The van der Waals surface area contributed by atoms with Gasteiger partial charge in [-0.1, -0.05) is 182 Å². The third kappa shape index (κ3) is 4.96. The Kier molecular flexibility index (Phi) is 7.45. The Bertz CT molecular complexity index is 3770. The minimum absolute atomic E-state index is 1.24. The van der Waals surface area contributed by atoms with Crippen molar-refractivity contribution in [2.45, 2.75) is 0 Å². The Hall–Kier alpha value is -7.10. The van der Waals surface area contributed by atoms with Crippen LogP contribution >= 0.6 is 22.7 Å². The Balaban J connectivity index is 1.04. The van der Waals surface area contributed by atoms with E-state index in [1.54, 1.807) is 0 Å². The summed E-state index contributed by atoms with van der Waals surface area (Å²) in [6, 6.07) is 76.8. The molecular weight excluding hydrogens is 761 g/mol. The van der Waals surface area contributed by atoms with Crippen LogP contribution in [-0.2, 0) is 0 Å². The van der Waals surface area contributed by atoms with Crippen LogP contribution in [0.4, 0.5) is 0 Å². The van der Waals surface area contributed by atoms with E-state index in [1.165, 1.54) is 128 Å². The highest BCUT2D eigenvalue weighted by molar-refractivity contribution is 7.26. The third-order valence-electron chi connectivity index (χ3n) is 12.6. The zero-order chi connectivity index (χ0) is 39.3. The molecule has 2 heteroatoms. The first kappa shape index (κ1) is 33.8. The Morgan fingerprint density at radius 2 is 0.600 bits per heavy atom. The second-order valence-electron chi connectivity index (χ2n) is 15.8. The fraction of sp³-hybridized carbons (Fsp3) is 0. The van der Waals surface area contributed by atoms with Gasteiger partial charge in [0.2, 0.25) is 0 Å². The first-order chi connectivity index (χ1) is 29.8. The molecule has 11 aromatic carbocycles. The molecule has 278 valence electrons. The minimum Gasteiger partial charge on any atom is -0.135 e. The van der Waals surface area contributed by atoms with Crippen molar-refractivity contribution in [3.8, 4) is 44.5 Å². The quantitative estimate of drug-likeness (QED) is 0.156. The lowest BCUT2D eigenvalue weighted by Gasteiger charge is -2.18. The molecule has 0 unspecified atom stereocenters. The van der Waals surface area contributed by atoms with Crippen molar-refractivity contribution < 1.29 is 0 Å². The van der Waals surface area contributed by atoms with Gasteiger partial charge in [-0.3, -0.25) is 0 Å². The van der Waals surface area contributed by atoms with Crippen LogP contribution in [0.5, 0.6) is 0 Å². The summed E-state index contributed by atoms with van der Waals surface area (Å²) in [6.07, 6.45) is 0. The number of fused-ring (bicyclic) bond motifs is 10. The van der Waals surface area contributed by atoms with Crippen LogP contribution in [0.3, 0.4) is 0 Å². The Morgan fingerprint density at radius 3 is 1.15 bits per heavy atom. The van der Waals surface area contributed by atoms with E-state index in [0.717, 1.165) is 0 Å². The molecule has 0 nitrogen and oxygen atoms in total. The van der Waals surface area contributed by atoms with Crippen LogP contribution in [0.15, 0.2) is 206 Å². The Labute approximate surface area is 354 Å². The lowest BCUT2D eigenvalue weighted by Crippen LogP contribution is -1.91. The second-order valence-corrected chi connectivity index (χ2v) is 18.0. The lowest BCUT2D eigenvalue weighted by molar-refractivity contribution is 1.66. The molecule has 2 aromatic heterocycles. The van der Waals surface area contributed by atoms with Gasteiger partial charge >= 0.3 is 0 Å². The zero-order valence-electron chi connectivity index (χ0n) is 32.4. The molecule has 0 aliphatic heterocycles. The number of hydrogen-bond donors (Lipinski definition) is 0. The van der Waals surface area contributed by atoms with Crippen molar-refractivity contribution in [3.05, 3.63) is 206 Å². The fourth-order valence-electron chi connectivity index (χ4n) is 10.2. The average molecular weight is 795 g/mol. The van der Waals surface area contributed by atoms with E-state index < -0.39 is 0 Å². The van der Waals surface area contributed by atoms with Crippen LogP contribution in [0.2, 0.25) is 0 Å². The van der Waals surface area contributed by atoms with Crippen LogP contribution in [0.25, 0.3) is 128 Å². The molecule has 0 radical (unpaired) electrons. The van der Waals surface area contributed by atoms with E-state index in [1.807, 2.05) is 22.7 Å². The van der Waals surface area contributed by atoms with Gasteiger partial charge in [0, 0.05) is 40.3 Å². The highest BCUT2D eigenvalue weighted by Crippen LogP contribution is 2.50. The lowest BCUT2D eigenvalue weighted by atomic mass is 9.84. The normalized spacial score (nSPS) is 12.0. The summed E-state index contributed by atoms with van der Waals surface area (Å²) in [5, 5.41) is 15.5. The minimum atomic E-state index is 1.24. The molecule has 0 spiro atoms. The van der Waals surface area contributed by atoms with Crippen molar-refractivity contribution in [1.29, 1.82) is 0 Å². The highest BCUT2D eigenvalue weighted by Gasteiger charge is 2.22. The Morgan fingerprint density at radius 1 is 0.217 bits per heavy atom. The fourth-order valence-corrected chi connectivity index (χ4v) is 12.5. The molecule has 0 N–H and O–H groups in total. The maximum absolute atomic E-state index is 2.45. The summed E-state index contributed by atoms with van der Waals surface area (Å²) in [7, 11) is 0. The van der Waals surface area contributed by atoms with Crippen molar-refractivity contribution >= 4 is 106 Å². The van der Waals surface area contributed by atoms with E-state index in [0.29, 0.717) is 0 Å². The summed E-state index contributed by atoms with van der Waals surface area (Å²) in [5.41, 5.74) is 10.2. The molecule has 13 rings (SSSR count). The van der Waals surface area contributed by atoms with Crippen molar-refractivity contribution in [2.24, 2.45) is 0 Å². The van der Waals surface area contributed by atoms with Gasteiger partial charge in [-0.25, -0.2) is 0 Å². The van der Waals surface area contributed by atoms with Crippen molar-refractivity contribution in [2.75, 3.05) is 0 Å². The molecule has 0 amide bonds. The molecule has 0 atom stereocenters. The van der Waals surface area contributed by atoms with Gasteiger partial charge in [0.1, 0.15) is 0 Å². The van der Waals surface area contributed by atoms with Gasteiger partial charge in [-0.2, -0.15) is 0 Å². The number of rotatable bonds is 4. The largest absolute Gasteiger partial charge is 0.135 e. The summed E-state index contributed by atoms with van der Waals surface area (Å²) in [5.74, 6) is 0. The summed E-state index contributed by atoms with van der Waals surface area (Å²) >= 11 is 3.79. The zero-order valence-corrected chi connectivity index (χ0v) is 34.1. The van der Waals surface area contributed by atoms with E-state index in [9.17, 15) is 0 Å². The predicted octanol–water partition coefficient (Wildman–Crippen LogP) is 17.7. The van der Waals surface area contributed by atoms with Crippen LogP contribution in [0.1, 0.15) is 0 Å². The smallest absolute Gasteiger partial charge is 0.0361 e. The monoisotopic (exact) mass is 794 g/mol. The van der Waals surface area contributed by atoms with Gasteiger partial charge in [0.05, 0.1) is 0 Å². The molecule has 0 bridgehead atoms. The van der Waals surface area contributed by atoms with E-state index in [-0.39, 0.29) is 0 Å². The molecule has 13 aromatic rings. The molecule has 0 fully saturated rings. The van der Waals surface area contributed by atoms with Gasteiger partial charge in [0.25, 0.3) is 0 Å². The summed E-state index contributed by atoms with van der Waals surface area (Å²) < 4.78 is 5.27. The molecule has 0 saturated carbocycles. The number of hydrogen-bond acceptors (Lipinski definition) is 2. The van der Waals surface area contributed by atoms with Crippen molar-refractivity contribution in [1.82, 2.24) is 0 Å². The van der Waals surface area contributed by atoms with Gasteiger partial charge in [-0.15, -0.1) is 22.7 Å². The van der Waals surface area contributed by atoms with Gasteiger partial charge in [0.15, 0.2) is 0 Å². The molecule has 0 saturated heterocycles. The topological polar surface area (TPSA) is 0 Å². The maximum atomic E-state index is 2.45. The predicted molar refractivity (Wildman–Crippen MR) is 264 cm³/mol. The molecule has 0 aliphatic rings. The first-order valence-corrected chi connectivity index (χ1v) is 22.2. The van der Waals surface area contributed by atoms with Crippen LogP contribution in [0, 0.1) is 0 Å². The molecule has 60 heavy (non-hydrogen) atoms. The first-order valence-electron chi connectivity index (χ1n) is 20.6. The van der Waals surface area contributed by atoms with Crippen molar-refractivity contribution in [3.63, 3.8) is 0 Å². The highest BCUT2D eigenvalue weighted by atomic mass is 32.1. The standard InChI is InChI=1S/C58H34S2/c1-2-15-35(16-3-1)54-40-18-4-6-20-42(40)55(43-21-7-5-19-41(43)54)37-30-32-48-53(34-37)60-51-28-14-26-49(58(48)51)57-46-24-10-8-22-44(46)56(45-23-9-11-25-47(45)57)36-29-31-39-38-17-12-13-27-50(38)59-52(39)33-36/h1-34H. The molecular formula is C58H34S2. The van der Waals surface area contributed by atoms with Crippen LogP contribution in [-0.4, -0.2) is 0 Å². The van der Waals surface area contributed by atoms with Gasteiger partial charge < -0.3 is 0 Å². The SMILES string of the molecule is c1ccc(-c2c3ccccc3c(-c3ccc4c(c3)sc3cccc(-c5c6ccccc6c(-c6ccc7c(c6)sc6ccccc67)c6ccccc56)c34)c3ccccc23)cc1. The third-order valence-corrected chi connectivity index (χ3v) is 14.9. The molecule has 0 aliphatic carbocycles. The van der Waals surface area contributed by atoms with E-state index in [2.05, 4.69) is 206 Å². The molecule has 2 heterocycles. The summed E-state index contributed by atoms with van der Waals surface area (Å²) in [4.78, 5) is 0. The van der Waals surface area contributed by atoms with E-state index >= 15 is 0 Å². The number of benzene rings is 11. The van der Waals surface area contributed by atoms with Crippen LogP contribution < -0.4 is 0 Å². The summed E-state index contributed by atoms with van der Waals surface area (Å²) in [6.45, 7) is 0. The second kappa shape index (κ2) is 13.2.